The number of aromatic nitrogens is 2. The van der Waals surface area contributed by atoms with E-state index in [4.69, 9.17) is 9.84 Å². The Balaban J connectivity index is 2.77. The summed E-state index contributed by atoms with van der Waals surface area (Å²) in [5.74, 6) is -0.502. The summed E-state index contributed by atoms with van der Waals surface area (Å²) in [4.78, 5) is 28.7. The Morgan fingerprint density at radius 1 is 1.38 bits per heavy atom. The molecule has 0 atom stereocenters. The van der Waals surface area contributed by atoms with Crippen molar-refractivity contribution < 1.29 is 14.6 Å². The Labute approximate surface area is 122 Å². The van der Waals surface area contributed by atoms with Crippen LogP contribution in [-0.2, 0) is 11.3 Å². The number of aliphatic hydroxyl groups is 1. The third-order valence-electron chi connectivity index (χ3n) is 3.44. The normalized spacial score (nSPS) is 10.9. The van der Waals surface area contributed by atoms with E-state index in [-0.39, 0.29) is 12.2 Å². The van der Waals surface area contributed by atoms with Crippen molar-refractivity contribution in [1.82, 2.24) is 9.55 Å². The number of methoxy groups -OCH3 is 1. The lowest BCUT2D eigenvalue weighted by molar-refractivity contribution is 0.0601. The third kappa shape index (κ3) is 2.67. The second-order valence-corrected chi connectivity index (χ2v) is 4.83. The monoisotopic (exact) mass is 290 g/mol. The van der Waals surface area contributed by atoms with Gasteiger partial charge in [-0.2, -0.15) is 0 Å². The molecule has 6 heteroatoms. The van der Waals surface area contributed by atoms with Gasteiger partial charge in [-0.25, -0.2) is 4.79 Å². The number of carbonyl (C=O) groups is 1. The Morgan fingerprint density at radius 3 is 2.71 bits per heavy atom. The van der Waals surface area contributed by atoms with E-state index in [2.05, 4.69) is 4.98 Å². The summed E-state index contributed by atoms with van der Waals surface area (Å²) in [5, 5.41) is 9.85. The van der Waals surface area contributed by atoms with E-state index in [1.807, 2.05) is 0 Å². The van der Waals surface area contributed by atoms with Gasteiger partial charge in [-0.1, -0.05) is 0 Å². The van der Waals surface area contributed by atoms with Crippen molar-refractivity contribution in [1.29, 1.82) is 0 Å². The molecule has 0 unspecified atom stereocenters. The van der Waals surface area contributed by atoms with Gasteiger partial charge in [-0.3, -0.25) is 9.78 Å². The van der Waals surface area contributed by atoms with Crippen LogP contribution in [0.25, 0.3) is 10.8 Å². The largest absolute Gasteiger partial charge is 0.465 e. The van der Waals surface area contributed by atoms with Crippen LogP contribution >= 0.6 is 0 Å². The van der Waals surface area contributed by atoms with Gasteiger partial charge in [0.2, 0.25) is 0 Å². The number of ether oxygens (including phenoxy) is 1. The molecule has 0 aliphatic carbocycles. The van der Waals surface area contributed by atoms with Crippen molar-refractivity contribution in [3.63, 3.8) is 0 Å². The highest BCUT2D eigenvalue weighted by atomic mass is 16.5. The first-order valence-corrected chi connectivity index (χ1v) is 6.70. The maximum absolute atomic E-state index is 12.5. The molecule has 0 amide bonds. The number of carbonyl (C=O) groups excluding carboxylic acids is 1. The van der Waals surface area contributed by atoms with E-state index < -0.39 is 5.97 Å². The zero-order valence-electron chi connectivity index (χ0n) is 12.3. The molecule has 0 aromatic carbocycles. The van der Waals surface area contributed by atoms with Crippen LogP contribution in [0.15, 0.2) is 17.1 Å². The first kappa shape index (κ1) is 15.2. The van der Waals surface area contributed by atoms with Gasteiger partial charge in [-0.15, -0.1) is 0 Å². The fraction of sp³-hybridized carbons (Fsp3) is 0.400. The van der Waals surface area contributed by atoms with E-state index in [1.54, 1.807) is 26.1 Å². The number of aliphatic hydroxyl groups excluding tert-OH is 1. The standard InChI is InChI=1S/C15H18N2O4/c1-9-12-11(13(10(2)16-9)15(20)21-3)5-7-17(14(12)19)6-4-8-18/h5,7,18H,4,6,8H2,1-3H3. The van der Waals surface area contributed by atoms with Crippen molar-refractivity contribution in [2.24, 2.45) is 0 Å². The zero-order valence-corrected chi connectivity index (χ0v) is 12.3. The lowest BCUT2D eigenvalue weighted by Crippen LogP contribution is -2.22. The quantitative estimate of drug-likeness (QED) is 0.855. The van der Waals surface area contributed by atoms with Gasteiger partial charge in [0.15, 0.2) is 0 Å². The molecule has 21 heavy (non-hydrogen) atoms. The van der Waals surface area contributed by atoms with Gasteiger partial charge in [0.25, 0.3) is 5.56 Å². The first-order valence-electron chi connectivity index (χ1n) is 6.70. The van der Waals surface area contributed by atoms with Crippen LogP contribution in [0.4, 0.5) is 0 Å². The van der Waals surface area contributed by atoms with Gasteiger partial charge in [0.05, 0.1) is 29.4 Å². The van der Waals surface area contributed by atoms with Gasteiger partial charge in [0.1, 0.15) is 0 Å². The molecule has 2 heterocycles. The molecule has 2 aromatic heterocycles. The van der Waals surface area contributed by atoms with Crippen LogP contribution < -0.4 is 5.56 Å². The molecule has 0 bridgehead atoms. The van der Waals surface area contributed by atoms with Crippen molar-refractivity contribution in [2.75, 3.05) is 13.7 Å². The van der Waals surface area contributed by atoms with Crippen molar-refractivity contribution in [2.45, 2.75) is 26.8 Å². The van der Waals surface area contributed by atoms with Gasteiger partial charge < -0.3 is 14.4 Å². The lowest BCUT2D eigenvalue weighted by atomic mass is 10.0. The van der Waals surface area contributed by atoms with Crippen molar-refractivity contribution >= 4 is 16.7 Å². The maximum atomic E-state index is 12.5. The molecular weight excluding hydrogens is 272 g/mol. The lowest BCUT2D eigenvalue weighted by Gasteiger charge is -2.12. The van der Waals surface area contributed by atoms with Crippen LogP contribution in [0.2, 0.25) is 0 Å². The van der Waals surface area contributed by atoms with E-state index in [0.29, 0.717) is 40.7 Å². The average Bonchev–Trinajstić information content (AvgIpc) is 2.45. The number of aryl methyl sites for hydroxylation is 3. The fourth-order valence-electron chi connectivity index (χ4n) is 2.47. The number of esters is 1. The molecule has 0 saturated heterocycles. The number of hydrogen-bond acceptors (Lipinski definition) is 5. The molecule has 112 valence electrons. The minimum Gasteiger partial charge on any atom is -0.465 e. The maximum Gasteiger partial charge on any atom is 0.340 e. The van der Waals surface area contributed by atoms with Crippen LogP contribution in [0.1, 0.15) is 28.2 Å². The van der Waals surface area contributed by atoms with E-state index in [9.17, 15) is 9.59 Å². The van der Waals surface area contributed by atoms with Crippen LogP contribution in [0.3, 0.4) is 0 Å². The smallest absolute Gasteiger partial charge is 0.340 e. The number of rotatable bonds is 4. The minimum atomic E-state index is -0.502. The van der Waals surface area contributed by atoms with Gasteiger partial charge in [0, 0.05) is 24.7 Å². The third-order valence-corrected chi connectivity index (χ3v) is 3.44. The van der Waals surface area contributed by atoms with E-state index >= 15 is 0 Å². The highest BCUT2D eigenvalue weighted by Crippen LogP contribution is 2.21. The predicted molar refractivity (Wildman–Crippen MR) is 78.5 cm³/mol. The molecule has 2 aromatic rings. The SMILES string of the molecule is COC(=O)c1c(C)nc(C)c2c(=O)n(CCCO)ccc12. The van der Waals surface area contributed by atoms with Crippen molar-refractivity contribution in [3.8, 4) is 0 Å². The molecule has 0 aliphatic heterocycles. The number of hydrogen-bond donors (Lipinski definition) is 1. The first-order chi connectivity index (χ1) is 10.0. The molecule has 0 radical (unpaired) electrons. The summed E-state index contributed by atoms with van der Waals surface area (Å²) in [7, 11) is 1.30. The zero-order chi connectivity index (χ0) is 15.6. The Morgan fingerprint density at radius 2 is 2.10 bits per heavy atom. The summed E-state index contributed by atoms with van der Waals surface area (Å²) in [6, 6.07) is 1.72. The molecule has 6 nitrogen and oxygen atoms in total. The van der Waals surface area contributed by atoms with Gasteiger partial charge >= 0.3 is 5.97 Å². The highest BCUT2D eigenvalue weighted by molar-refractivity contribution is 6.05. The number of pyridine rings is 2. The molecule has 0 spiro atoms. The van der Waals surface area contributed by atoms with E-state index in [1.165, 1.54) is 11.7 Å². The summed E-state index contributed by atoms with van der Waals surface area (Å²) < 4.78 is 6.30. The van der Waals surface area contributed by atoms with Crippen molar-refractivity contribution in [3.05, 3.63) is 39.6 Å². The number of nitrogens with zero attached hydrogens (tertiary/aromatic N) is 2. The Hall–Kier alpha value is -2.21. The second kappa shape index (κ2) is 6.05. The summed E-state index contributed by atoms with van der Waals surface area (Å²) in [6.45, 7) is 3.90. The van der Waals surface area contributed by atoms with Crippen LogP contribution in [-0.4, -0.2) is 34.3 Å². The summed E-state index contributed by atoms with van der Waals surface area (Å²) >= 11 is 0. The van der Waals surface area contributed by atoms with Crippen LogP contribution in [0, 0.1) is 13.8 Å². The molecule has 0 aliphatic rings. The summed E-state index contributed by atoms with van der Waals surface area (Å²) in [5.41, 5.74) is 1.23. The fourth-order valence-corrected chi connectivity index (χ4v) is 2.47. The molecule has 2 rings (SSSR count). The predicted octanol–water partition coefficient (Wildman–Crippen LogP) is 1.18. The average molecular weight is 290 g/mol. The van der Waals surface area contributed by atoms with Gasteiger partial charge in [-0.05, 0) is 26.3 Å². The molecule has 0 saturated carbocycles. The molecule has 0 fully saturated rings. The second-order valence-electron chi connectivity index (χ2n) is 4.83. The number of fused-ring (bicyclic) bond motifs is 1. The minimum absolute atomic E-state index is 0.0169. The molecule has 1 N–H and O–H groups in total. The molecular formula is C15H18N2O4. The topological polar surface area (TPSA) is 81.4 Å². The van der Waals surface area contributed by atoms with E-state index in [0.717, 1.165) is 0 Å². The Kier molecular flexibility index (Phi) is 4.37. The van der Waals surface area contributed by atoms with Crippen LogP contribution in [0.5, 0.6) is 0 Å². The summed E-state index contributed by atoms with van der Waals surface area (Å²) in [6.07, 6.45) is 2.12. The Bertz CT molecular complexity index is 749. The highest BCUT2D eigenvalue weighted by Gasteiger charge is 2.19.